The highest BCUT2D eigenvalue weighted by Gasteiger charge is 2.39. The van der Waals surface area contributed by atoms with Crippen molar-refractivity contribution in [3.63, 3.8) is 0 Å². The molecule has 2 rings (SSSR count). The fraction of sp³-hybridized carbons (Fsp3) is 0.909. The van der Waals surface area contributed by atoms with E-state index < -0.39 is 0 Å². The van der Waals surface area contributed by atoms with Crippen molar-refractivity contribution in [3.8, 4) is 0 Å². The summed E-state index contributed by atoms with van der Waals surface area (Å²) in [5.74, 6) is 7.04. The minimum atomic E-state index is 0.233. The molecule has 0 spiro atoms. The number of hydrazine groups is 1. The van der Waals surface area contributed by atoms with Crippen molar-refractivity contribution in [3.05, 3.63) is 5.82 Å². The van der Waals surface area contributed by atoms with E-state index in [0.717, 1.165) is 12.2 Å². The molecule has 1 heterocycles. The van der Waals surface area contributed by atoms with E-state index in [-0.39, 0.29) is 6.04 Å². The summed E-state index contributed by atoms with van der Waals surface area (Å²) in [7, 11) is 1.78. The highest BCUT2D eigenvalue weighted by atomic mass is 15.6. The summed E-state index contributed by atoms with van der Waals surface area (Å²) < 4.78 is 0. The SMILES string of the molecule is Cn1nnc(CC(NN)C2CCCC2(C)C)n1. The normalized spacial score (nSPS) is 25.1. The van der Waals surface area contributed by atoms with E-state index in [4.69, 9.17) is 5.84 Å². The molecular formula is C11H22N6. The second-order valence-electron chi connectivity index (χ2n) is 5.66. The van der Waals surface area contributed by atoms with Gasteiger partial charge in [0.25, 0.3) is 0 Å². The summed E-state index contributed by atoms with van der Waals surface area (Å²) in [5.41, 5.74) is 3.29. The molecule has 0 saturated heterocycles. The maximum atomic E-state index is 5.70. The zero-order valence-electron chi connectivity index (χ0n) is 10.8. The molecule has 2 unspecified atom stereocenters. The first-order chi connectivity index (χ1) is 8.03. The molecular weight excluding hydrogens is 216 g/mol. The summed E-state index contributed by atoms with van der Waals surface area (Å²) in [5, 5.41) is 12.1. The van der Waals surface area contributed by atoms with Crippen LogP contribution in [0.1, 0.15) is 38.9 Å². The van der Waals surface area contributed by atoms with Gasteiger partial charge in [-0.05, 0) is 29.4 Å². The van der Waals surface area contributed by atoms with Crippen LogP contribution < -0.4 is 11.3 Å². The second kappa shape index (κ2) is 4.70. The van der Waals surface area contributed by atoms with Crippen LogP contribution in [0.2, 0.25) is 0 Å². The van der Waals surface area contributed by atoms with Gasteiger partial charge < -0.3 is 0 Å². The average molecular weight is 238 g/mol. The fourth-order valence-corrected chi connectivity index (χ4v) is 3.02. The van der Waals surface area contributed by atoms with Crippen LogP contribution in [-0.2, 0) is 13.5 Å². The number of nitrogens with two attached hydrogens (primary N) is 1. The van der Waals surface area contributed by atoms with Gasteiger partial charge in [-0.25, -0.2) is 0 Å². The lowest BCUT2D eigenvalue weighted by Crippen LogP contribution is -2.46. The largest absolute Gasteiger partial charge is 0.271 e. The van der Waals surface area contributed by atoms with Crippen molar-refractivity contribution >= 4 is 0 Å². The molecule has 96 valence electrons. The van der Waals surface area contributed by atoms with Crippen molar-refractivity contribution in [1.82, 2.24) is 25.6 Å². The van der Waals surface area contributed by atoms with Crippen LogP contribution in [0.5, 0.6) is 0 Å². The zero-order valence-corrected chi connectivity index (χ0v) is 10.8. The highest BCUT2D eigenvalue weighted by molar-refractivity contribution is 4.95. The van der Waals surface area contributed by atoms with Gasteiger partial charge in [-0.2, -0.15) is 4.80 Å². The van der Waals surface area contributed by atoms with Crippen LogP contribution in [-0.4, -0.2) is 26.2 Å². The Morgan fingerprint density at radius 1 is 1.59 bits per heavy atom. The third-order valence-corrected chi connectivity index (χ3v) is 3.99. The van der Waals surface area contributed by atoms with Gasteiger partial charge in [0.15, 0.2) is 5.82 Å². The first-order valence-electron chi connectivity index (χ1n) is 6.22. The Labute approximate surface area is 102 Å². The van der Waals surface area contributed by atoms with Crippen LogP contribution in [0.3, 0.4) is 0 Å². The van der Waals surface area contributed by atoms with Crippen molar-refractivity contribution in [2.75, 3.05) is 0 Å². The van der Waals surface area contributed by atoms with E-state index in [1.54, 1.807) is 7.05 Å². The molecule has 1 aliphatic carbocycles. The van der Waals surface area contributed by atoms with Crippen molar-refractivity contribution in [2.45, 2.75) is 45.6 Å². The second-order valence-corrected chi connectivity index (χ2v) is 5.66. The van der Waals surface area contributed by atoms with E-state index in [1.807, 2.05) is 0 Å². The van der Waals surface area contributed by atoms with Crippen LogP contribution in [0, 0.1) is 11.3 Å². The first kappa shape index (κ1) is 12.4. The van der Waals surface area contributed by atoms with Crippen molar-refractivity contribution in [1.29, 1.82) is 0 Å². The van der Waals surface area contributed by atoms with Crippen molar-refractivity contribution < 1.29 is 0 Å². The average Bonchev–Trinajstić information content (AvgIpc) is 2.81. The topological polar surface area (TPSA) is 81.7 Å². The van der Waals surface area contributed by atoms with Gasteiger partial charge in [0.1, 0.15) is 0 Å². The molecule has 1 aliphatic rings. The van der Waals surface area contributed by atoms with Crippen LogP contribution in [0.4, 0.5) is 0 Å². The summed E-state index contributed by atoms with van der Waals surface area (Å²) >= 11 is 0. The minimum absolute atomic E-state index is 0.233. The van der Waals surface area contributed by atoms with Crippen LogP contribution in [0.25, 0.3) is 0 Å². The van der Waals surface area contributed by atoms with Gasteiger partial charge in [0, 0.05) is 12.5 Å². The molecule has 6 heteroatoms. The molecule has 17 heavy (non-hydrogen) atoms. The van der Waals surface area contributed by atoms with Gasteiger partial charge in [-0.1, -0.05) is 20.3 Å². The third kappa shape index (κ3) is 2.63. The molecule has 1 aromatic heterocycles. The number of nitrogens with zero attached hydrogens (tertiary/aromatic N) is 4. The molecule has 0 bridgehead atoms. The molecule has 0 aliphatic heterocycles. The monoisotopic (exact) mass is 238 g/mol. The van der Waals surface area contributed by atoms with E-state index in [9.17, 15) is 0 Å². The summed E-state index contributed by atoms with van der Waals surface area (Å²) in [6.07, 6.45) is 4.52. The molecule has 6 nitrogen and oxygen atoms in total. The molecule has 1 fully saturated rings. The lowest BCUT2D eigenvalue weighted by Gasteiger charge is -2.33. The number of aromatic nitrogens is 4. The quantitative estimate of drug-likeness (QED) is 0.586. The molecule has 1 aromatic rings. The maximum Gasteiger partial charge on any atom is 0.176 e. The minimum Gasteiger partial charge on any atom is -0.271 e. The highest BCUT2D eigenvalue weighted by Crippen LogP contribution is 2.44. The van der Waals surface area contributed by atoms with Crippen molar-refractivity contribution in [2.24, 2.45) is 24.2 Å². The molecule has 3 N–H and O–H groups in total. The predicted molar refractivity (Wildman–Crippen MR) is 64.7 cm³/mol. The molecule has 2 atom stereocenters. The Bertz CT molecular complexity index is 372. The van der Waals surface area contributed by atoms with Gasteiger partial charge in [0.2, 0.25) is 0 Å². The van der Waals surface area contributed by atoms with Gasteiger partial charge in [-0.3, -0.25) is 11.3 Å². The fourth-order valence-electron chi connectivity index (χ4n) is 3.02. The molecule has 0 radical (unpaired) electrons. The summed E-state index contributed by atoms with van der Waals surface area (Å²) in [6.45, 7) is 4.64. The molecule has 0 amide bonds. The lowest BCUT2D eigenvalue weighted by atomic mass is 9.77. The van der Waals surface area contributed by atoms with E-state index in [0.29, 0.717) is 11.3 Å². The lowest BCUT2D eigenvalue weighted by molar-refractivity contribution is 0.195. The van der Waals surface area contributed by atoms with E-state index in [1.165, 1.54) is 24.1 Å². The van der Waals surface area contributed by atoms with E-state index >= 15 is 0 Å². The Hall–Kier alpha value is -1.01. The van der Waals surface area contributed by atoms with Crippen LogP contribution >= 0.6 is 0 Å². The number of hydrogen-bond acceptors (Lipinski definition) is 5. The van der Waals surface area contributed by atoms with Crippen LogP contribution in [0.15, 0.2) is 0 Å². The first-order valence-corrected chi connectivity index (χ1v) is 6.22. The standard InChI is InChI=1S/C11H22N6/c1-11(2)6-4-5-8(11)9(13-12)7-10-14-16-17(3)15-10/h8-9,13H,4-7,12H2,1-3H3. The van der Waals surface area contributed by atoms with E-state index in [2.05, 4.69) is 34.7 Å². The molecule has 1 saturated carbocycles. The number of rotatable bonds is 4. The number of nitrogens with one attached hydrogen (secondary N) is 1. The predicted octanol–water partition coefficient (Wildman–Crippen LogP) is 0.411. The van der Waals surface area contributed by atoms with Gasteiger partial charge in [-0.15, -0.1) is 10.2 Å². The third-order valence-electron chi connectivity index (χ3n) is 3.99. The number of tetrazole rings is 1. The van der Waals surface area contributed by atoms with Gasteiger partial charge >= 0.3 is 0 Å². The summed E-state index contributed by atoms with van der Waals surface area (Å²) in [4.78, 5) is 1.49. The Morgan fingerprint density at radius 3 is 2.82 bits per heavy atom. The number of hydrogen-bond donors (Lipinski definition) is 2. The smallest absolute Gasteiger partial charge is 0.176 e. The Balaban J connectivity index is 2.06. The Kier molecular flexibility index (Phi) is 3.44. The zero-order chi connectivity index (χ0) is 12.5. The summed E-state index contributed by atoms with van der Waals surface area (Å²) in [6, 6.07) is 0.233. The van der Waals surface area contributed by atoms with Gasteiger partial charge in [0.05, 0.1) is 7.05 Å². The number of aryl methyl sites for hydroxylation is 1. The maximum absolute atomic E-state index is 5.70. The Morgan fingerprint density at radius 2 is 2.35 bits per heavy atom. The molecule has 0 aromatic carbocycles.